The second-order valence-electron chi connectivity index (χ2n) is 5.51. The van der Waals surface area contributed by atoms with E-state index in [4.69, 9.17) is 9.47 Å². The Balaban J connectivity index is 2.43. The molecule has 2 heterocycles. The smallest absolute Gasteiger partial charge is 0.415 e. The first-order valence-electron chi connectivity index (χ1n) is 6.01. The van der Waals surface area contributed by atoms with E-state index in [1.165, 1.54) is 12.0 Å². The number of carbonyl (C=O) groups excluding carboxylic acids is 1. The maximum atomic E-state index is 11.9. The van der Waals surface area contributed by atoms with Crippen molar-refractivity contribution < 1.29 is 14.3 Å². The monoisotopic (exact) mass is 328 g/mol. The second-order valence-corrected chi connectivity index (χ2v) is 6.32. The molecule has 0 saturated carbocycles. The molecular formula is C13H17BrN2O3. The number of anilines is 1. The third-order valence-corrected chi connectivity index (χ3v) is 3.48. The molecule has 0 radical (unpaired) electrons. The van der Waals surface area contributed by atoms with Crippen LogP contribution < -0.4 is 9.64 Å². The highest BCUT2D eigenvalue weighted by Crippen LogP contribution is 2.37. The molecule has 6 heteroatoms. The van der Waals surface area contributed by atoms with Crippen molar-refractivity contribution in [2.75, 3.05) is 18.6 Å². The van der Waals surface area contributed by atoms with Crippen molar-refractivity contribution in [3.05, 3.63) is 16.7 Å². The molecule has 104 valence electrons. The molecule has 0 aromatic carbocycles. The highest BCUT2D eigenvalue weighted by molar-refractivity contribution is 9.10. The van der Waals surface area contributed by atoms with Gasteiger partial charge in [0.15, 0.2) is 11.6 Å². The van der Waals surface area contributed by atoms with Crippen LogP contribution in [0, 0.1) is 5.41 Å². The van der Waals surface area contributed by atoms with Crippen molar-refractivity contribution in [3.8, 4) is 5.75 Å². The topological polar surface area (TPSA) is 51.7 Å². The van der Waals surface area contributed by atoms with Gasteiger partial charge >= 0.3 is 6.09 Å². The first kappa shape index (κ1) is 14.1. The predicted octanol–water partition coefficient (Wildman–Crippen LogP) is 3.22. The molecule has 1 atom stereocenters. The summed E-state index contributed by atoms with van der Waals surface area (Å²) in [6.07, 6.45) is -0.536. The Kier molecular flexibility index (Phi) is 3.71. The lowest BCUT2D eigenvalue weighted by molar-refractivity contribution is 0.0804. The average Bonchev–Trinajstić information content (AvgIpc) is 2.35. The second kappa shape index (κ2) is 5.00. The number of amides is 1. The summed E-state index contributed by atoms with van der Waals surface area (Å²) in [4.78, 5) is 17.7. The summed E-state index contributed by atoms with van der Waals surface area (Å²) >= 11 is 3.30. The Hall–Kier alpha value is -1.30. The van der Waals surface area contributed by atoms with Crippen LogP contribution in [0.1, 0.15) is 20.8 Å². The number of fused-ring (bicyclic) bond motifs is 1. The molecule has 1 unspecified atom stereocenters. The SMILES string of the molecule is COC(=O)N1CC(C(C)(C)C)Oc2ccc(Br)nc21. The van der Waals surface area contributed by atoms with E-state index < -0.39 is 6.09 Å². The average molecular weight is 329 g/mol. The lowest BCUT2D eigenvalue weighted by Gasteiger charge is -2.39. The fourth-order valence-corrected chi connectivity index (χ4v) is 2.16. The van der Waals surface area contributed by atoms with Crippen molar-refractivity contribution in [3.63, 3.8) is 0 Å². The minimum Gasteiger partial charge on any atom is -0.484 e. The highest BCUT2D eigenvalue weighted by Gasteiger charge is 2.37. The van der Waals surface area contributed by atoms with Gasteiger partial charge in [-0.05, 0) is 28.1 Å². The van der Waals surface area contributed by atoms with E-state index in [0.29, 0.717) is 22.7 Å². The number of methoxy groups -OCH3 is 1. The van der Waals surface area contributed by atoms with Crippen LogP contribution in [-0.2, 0) is 4.74 Å². The fourth-order valence-electron chi connectivity index (χ4n) is 1.86. The Bertz CT molecular complexity index is 499. The molecule has 0 aliphatic carbocycles. The maximum Gasteiger partial charge on any atom is 0.415 e. The lowest BCUT2D eigenvalue weighted by atomic mass is 9.88. The minimum absolute atomic E-state index is 0.0863. The van der Waals surface area contributed by atoms with Crippen molar-refractivity contribution in [2.24, 2.45) is 5.41 Å². The van der Waals surface area contributed by atoms with Crippen molar-refractivity contribution in [2.45, 2.75) is 26.9 Å². The summed E-state index contributed by atoms with van der Waals surface area (Å²) in [7, 11) is 1.36. The molecule has 0 bridgehead atoms. The van der Waals surface area contributed by atoms with E-state index in [2.05, 4.69) is 41.7 Å². The third kappa shape index (κ3) is 2.83. The van der Waals surface area contributed by atoms with Crippen LogP contribution in [0.25, 0.3) is 0 Å². The van der Waals surface area contributed by atoms with Gasteiger partial charge in [-0.2, -0.15) is 0 Å². The number of aromatic nitrogens is 1. The molecule has 0 N–H and O–H groups in total. The molecule has 19 heavy (non-hydrogen) atoms. The zero-order valence-electron chi connectivity index (χ0n) is 11.4. The summed E-state index contributed by atoms with van der Waals surface area (Å²) < 4.78 is 11.4. The molecule has 0 fully saturated rings. The summed E-state index contributed by atoms with van der Waals surface area (Å²) in [5, 5.41) is 0. The van der Waals surface area contributed by atoms with E-state index in [0.717, 1.165) is 0 Å². The van der Waals surface area contributed by atoms with E-state index in [-0.39, 0.29) is 11.5 Å². The zero-order chi connectivity index (χ0) is 14.2. The van der Waals surface area contributed by atoms with Crippen LogP contribution in [0.15, 0.2) is 16.7 Å². The van der Waals surface area contributed by atoms with Gasteiger partial charge in [0, 0.05) is 5.41 Å². The Labute approximate surface area is 121 Å². The quantitative estimate of drug-likeness (QED) is 0.686. The van der Waals surface area contributed by atoms with Gasteiger partial charge in [-0.1, -0.05) is 20.8 Å². The molecule has 1 aliphatic heterocycles. The van der Waals surface area contributed by atoms with Crippen LogP contribution in [-0.4, -0.2) is 30.8 Å². The standard InChI is InChI=1S/C13H17BrN2O3/c1-13(2,3)9-7-16(12(17)18-4)11-8(19-9)5-6-10(14)15-11/h5-6,9H,7H2,1-4H3. The Morgan fingerprint density at radius 1 is 1.53 bits per heavy atom. The van der Waals surface area contributed by atoms with E-state index in [1.54, 1.807) is 12.1 Å². The van der Waals surface area contributed by atoms with Gasteiger partial charge in [-0.3, -0.25) is 4.90 Å². The largest absolute Gasteiger partial charge is 0.484 e. The minimum atomic E-state index is -0.426. The number of rotatable bonds is 0. The molecule has 1 aromatic rings. The van der Waals surface area contributed by atoms with Gasteiger partial charge in [-0.25, -0.2) is 9.78 Å². The van der Waals surface area contributed by atoms with Crippen LogP contribution in [0.3, 0.4) is 0 Å². The van der Waals surface area contributed by atoms with Crippen LogP contribution in [0.5, 0.6) is 5.75 Å². The summed E-state index contributed by atoms with van der Waals surface area (Å²) in [5.74, 6) is 1.08. The number of nitrogens with zero attached hydrogens (tertiary/aromatic N) is 2. The van der Waals surface area contributed by atoms with Crippen molar-refractivity contribution in [1.82, 2.24) is 4.98 Å². The summed E-state index contributed by atoms with van der Waals surface area (Å²) in [6, 6.07) is 3.60. The molecule has 2 rings (SSSR count). The number of carbonyl (C=O) groups is 1. The number of pyridine rings is 1. The summed E-state index contributed by atoms with van der Waals surface area (Å²) in [5.41, 5.74) is -0.0863. The van der Waals surface area contributed by atoms with E-state index in [1.807, 2.05) is 0 Å². The van der Waals surface area contributed by atoms with Gasteiger partial charge < -0.3 is 9.47 Å². The first-order valence-corrected chi connectivity index (χ1v) is 6.81. The normalized spacial score (nSPS) is 18.6. The van der Waals surface area contributed by atoms with Gasteiger partial charge in [0.05, 0.1) is 13.7 Å². The number of hydrogen-bond donors (Lipinski definition) is 0. The molecule has 1 amide bonds. The fraction of sp³-hybridized carbons (Fsp3) is 0.538. The Morgan fingerprint density at radius 2 is 2.21 bits per heavy atom. The molecular weight excluding hydrogens is 312 g/mol. The maximum absolute atomic E-state index is 11.9. The van der Waals surface area contributed by atoms with Crippen LogP contribution in [0.2, 0.25) is 0 Å². The van der Waals surface area contributed by atoms with Crippen LogP contribution >= 0.6 is 15.9 Å². The molecule has 5 nitrogen and oxygen atoms in total. The molecule has 1 aliphatic rings. The van der Waals surface area contributed by atoms with Gasteiger partial charge in [0.25, 0.3) is 0 Å². The zero-order valence-corrected chi connectivity index (χ0v) is 13.0. The number of ether oxygens (including phenoxy) is 2. The summed E-state index contributed by atoms with van der Waals surface area (Å²) in [6.45, 7) is 6.64. The highest BCUT2D eigenvalue weighted by atomic mass is 79.9. The number of hydrogen-bond acceptors (Lipinski definition) is 4. The van der Waals surface area contributed by atoms with Gasteiger partial charge in [-0.15, -0.1) is 0 Å². The predicted molar refractivity (Wildman–Crippen MR) is 75.6 cm³/mol. The van der Waals surface area contributed by atoms with Crippen molar-refractivity contribution >= 4 is 27.8 Å². The van der Waals surface area contributed by atoms with Gasteiger partial charge in [0.1, 0.15) is 10.7 Å². The molecule has 0 spiro atoms. The van der Waals surface area contributed by atoms with Gasteiger partial charge in [0.2, 0.25) is 0 Å². The Morgan fingerprint density at radius 3 is 2.79 bits per heavy atom. The van der Waals surface area contributed by atoms with Crippen molar-refractivity contribution in [1.29, 1.82) is 0 Å². The number of halogens is 1. The van der Waals surface area contributed by atoms with E-state index in [9.17, 15) is 4.79 Å². The van der Waals surface area contributed by atoms with Crippen LogP contribution in [0.4, 0.5) is 10.6 Å². The molecule has 1 aromatic heterocycles. The third-order valence-electron chi connectivity index (χ3n) is 3.04. The first-order chi connectivity index (χ1) is 8.82. The lowest BCUT2D eigenvalue weighted by Crippen LogP contribution is -2.49. The molecule has 0 saturated heterocycles. The van der Waals surface area contributed by atoms with E-state index >= 15 is 0 Å².